The van der Waals surface area contributed by atoms with Crippen LogP contribution in [0.4, 0.5) is 0 Å². The quantitative estimate of drug-likeness (QED) is 0.781. The normalized spacial score (nSPS) is 34.2. The number of hydrogen-bond acceptors (Lipinski definition) is 2. The van der Waals surface area contributed by atoms with Crippen molar-refractivity contribution in [1.29, 1.82) is 0 Å². The molecule has 1 aromatic carbocycles. The lowest BCUT2D eigenvalue weighted by atomic mass is 10.3. The molecule has 2 nitrogen and oxygen atoms in total. The van der Waals surface area contributed by atoms with E-state index in [0.29, 0.717) is 4.47 Å². The number of ether oxygens (including phenoxy) is 2. The molecule has 64 valence electrons. The van der Waals surface area contributed by atoms with Gasteiger partial charge in [-0.2, -0.15) is 0 Å². The van der Waals surface area contributed by atoms with Crippen LogP contribution in [0.2, 0.25) is 0 Å². The minimum atomic E-state index is -2.49. The van der Waals surface area contributed by atoms with Crippen LogP contribution in [0.25, 0.3) is 0 Å². The Hall–Kier alpha value is -0.540. The third kappa shape index (κ3) is 1.62. The molecule has 3 heteroatoms. The molecule has 0 unspecified atom stereocenters. The second-order valence-corrected chi connectivity index (χ2v) is 3.02. The average molecular weight is 234 g/mol. The predicted octanol–water partition coefficient (Wildman–Crippen LogP) is 2.23. The summed E-state index contributed by atoms with van der Waals surface area (Å²) in [5.41, 5.74) is 0. The van der Waals surface area contributed by atoms with Gasteiger partial charge in [-0.3, -0.25) is 0 Å². The standard InChI is InChI=1S/C9H9BrO2/c10-8-3-1-2-4-9(8)12-7-5-11-6-7/h1-4,7H,5-6H2/i5D2,6D2,7D. The lowest BCUT2D eigenvalue weighted by molar-refractivity contribution is -0.0799. The summed E-state index contributed by atoms with van der Waals surface area (Å²) >= 11 is 3.18. The van der Waals surface area contributed by atoms with Crippen molar-refractivity contribution in [1.82, 2.24) is 0 Å². The topological polar surface area (TPSA) is 18.5 Å². The van der Waals surface area contributed by atoms with Crippen molar-refractivity contribution in [3.05, 3.63) is 28.7 Å². The molecule has 0 N–H and O–H groups in total. The Bertz CT molecular complexity index is 437. The highest BCUT2D eigenvalue weighted by atomic mass is 79.9. The molecular formula is C9H9BrO2. The number of para-hydroxylation sites is 1. The highest BCUT2D eigenvalue weighted by molar-refractivity contribution is 9.10. The van der Waals surface area contributed by atoms with Gasteiger partial charge in [0.25, 0.3) is 0 Å². The molecule has 0 radical (unpaired) electrons. The van der Waals surface area contributed by atoms with Crippen molar-refractivity contribution in [2.75, 3.05) is 13.1 Å². The maximum atomic E-state index is 7.78. The van der Waals surface area contributed by atoms with Gasteiger partial charge in [0.05, 0.1) is 24.4 Å². The Morgan fingerprint density at radius 1 is 1.58 bits per heavy atom. The first kappa shape index (κ1) is 4.11. The first-order chi connectivity index (χ1) is 7.70. The maximum Gasteiger partial charge on any atom is 0.145 e. The molecule has 1 aliphatic rings. The zero-order valence-corrected chi connectivity index (χ0v) is 7.59. The van der Waals surface area contributed by atoms with Crippen molar-refractivity contribution in [3.63, 3.8) is 0 Å². The summed E-state index contributed by atoms with van der Waals surface area (Å²) in [7, 11) is 0. The molecule has 0 aromatic heterocycles. The molecule has 1 heterocycles. The van der Waals surface area contributed by atoms with Crippen LogP contribution in [0.3, 0.4) is 0 Å². The summed E-state index contributed by atoms with van der Waals surface area (Å²) in [6, 6.07) is 6.55. The summed E-state index contributed by atoms with van der Waals surface area (Å²) < 4.78 is 47.3. The fourth-order valence-corrected chi connectivity index (χ4v) is 1.14. The molecule has 0 aliphatic carbocycles. The van der Waals surface area contributed by atoms with Crippen LogP contribution in [-0.4, -0.2) is 19.2 Å². The molecule has 0 bridgehead atoms. The van der Waals surface area contributed by atoms with Gasteiger partial charge in [0.15, 0.2) is 0 Å². The summed E-state index contributed by atoms with van der Waals surface area (Å²) in [4.78, 5) is 0. The summed E-state index contributed by atoms with van der Waals surface area (Å²) in [5, 5.41) is 0. The van der Waals surface area contributed by atoms with E-state index < -0.39 is 19.2 Å². The van der Waals surface area contributed by atoms with E-state index >= 15 is 0 Å². The van der Waals surface area contributed by atoms with Crippen molar-refractivity contribution < 1.29 is 16.3 Å². The van der Waals surface area contributed by atoms with E-state index in [1.54, 1.807) is 18.2 Å². The van der Waals surface area contributed by atoms with E-state index in [1.165, 1.54) is 6.07 Å². The minimum absolute atomic E-state index is 0.193. The molecule has 1 aromatic rings. The fourth-order valence-electron chi connectivity index (χ4n) is 0.772. The van der Waals surface area contributed by atoms with Crippen LogP contribution in [0.15, 0.2) is 28.7 Å². The van der Waals surface area contributed by atoms with E-state index in [0.717, 1.165) is 0 Å². The van der Waals surface area contributed by atoms with Crippen LogP contribution in [0.5, 0.6) is 5.75 Å². The van der Waals surface area contributed by atoms with Crippen LogP contribution in [-0.2, 0) is 4.74 Å². The molecule has 0 saturated carbocycles. The smallest absolute Gasteiger partial charge is 0.145 e. The van der Waals surface area contributed by atoms with Gasteiger partial charge in [-0.1, -0.05) is 12.1 Å². The van der Waals surface area contributed by atoms with Crippen LogP contribution in [0.1, 0.15) is 6.85 Å². The van der Waals surface area contributed by atoms with Crippen LogP contribution in [0, 0.1) is 0 Å². The fraction of sp³-hybridized carbons (Fsp3) is 0.333. The summed E-state index contributed by atoms with van der Waals surface area (Å²) in [5.74, 6) is 0.193. The zero-order valence-electron chi connectivity index (χ0n) is 11.0. The molecule has 1 fully saturated rings. The number of rotatable bonds is 2. The van der Waals surface area contributed by atoms with Crippen molar-refractivity contribution in [3.8, 4) is 5.75 Å². The highest BCUT2D eigenvalue weighted by Crippen LogP contribution is 2.25. The third-order valence-corrected chi connectivity index (χ3v) is 1.99. The Morgan fingerprint density at radius 2 is 2.33 bits per heavy atom. The van der Waals surface area contributed by atoms with E-state index in [9.17, 15) is 0 Å². The van der Waals surface area contributed by atoms with Gasteiger partial charge in [-0.05, 0) is 28.1 Å². The Labute approximate surface area is 86.6 Å². The van der Waals surface area contributed by atoms with Crippen molar-refractivity contribution in [2.45, 2.75) is 6.08 Å². The van der Waals surface area contributed by atoms with E-state index in [-0.39, 0.29) is 5.75 Å². The molecule has 1 aliphatic heterocycles. The highest BCUT2D eigenvalue weighted by Gasteiger charge is 2.20. The van der Waals surface area contributed by atoms with Gasteiger partial charge >= 0.3 is 0 Å². The van der Waals surface area contributed by atoms with Gasteiger partial charge in [0.2, 0.25) is 0 Å². The first-order valence-corrected chi connectivity index (χ1v) is 4.13. The minimum Gasteiger partial charge on any atom is -0.484 e. The molecule has 1 saturated heterocycles. The molecular weight excluding hydrogens is 220 g/mol. The van der Waals surface area contributed by atoms with Crippen LogP contribution >= 0.6 is 15.9 Å². The SMILES string of the molecule is [2H]C1([2H])OC([2H])([2H])C1([2H])Oc1ccccc1Br. The average Bonchev–Trinajstić information content (AvgIpc) is 2.19. The molecule has 0 spiro atoms. The van der Waals surface area contributed by atoms with Gasteiger partial charge < -0.3 is 9.47 Å². The van der Waals surface area contributed by atoms with E-state index in [1.807, 2.05) is 0 Å². The predicted molar refractivity (Wildman–Crippen MR) is 49.4 cm³/mol. The maximum absolute atomic E-state index is 7.78. The molecule has 2 rings (SSSR count). The van der Waals surface area contributed by atoms with Gasteiger partial charge in [0, 0.05) is 0 Å². The number of hydrogen-bond donors (Lipinski definition) is 0. The van der Waals surface area contributed by atoms with Crippen LogP contribution < -0.4 is 4.74 Å². The van der Waals surface area contributed by atoms with Crippen molar-refractivity contribution >= 4 is 15.9 Å². The lowest BCUT2D eigenvalue weighted by Crippen LogP contribution is -2.38. The van der Waals surface area contributed by atoms with Gasteiger partial charge in [0.1, 0.15) is 11.8 Å². The Morgan fingerprint density at radius 3 is 3.00 bits per heavy atom. The second kappa shape index (κ2) is 3.46. The van der Waals surface area contributed by atoms with Crippen molar-refractivity contribution in [2.24, 2.45) is 0 Å². The molecule has 0 atom stereocenters. The first-order valence-electron chi connectivity index (χ1n) is 5.83. The number of benzene rings is 1. The Balaban J connectivity index is 2.32. The largest absolute Gasteiger partial charge is 0.484 e. The number of halogens is 1. The lowest BCUT2D eigenvalue weighted by Gasteiger charge is -2.27. The third-order valence-electron chi connectivity index (χ3n) is 1.34. The summed E-state index contributed by atoms with van der Waals surface area (Å²) in [6.07, 6.45) is -2.43. The Kier molecular flexibility index (Phi) is 1.18. The summed E-state index contributed by atoms with van der Waals surface area (Å²) in [6.45, 7) is -4.99. The van der Waals surface area contributed by atoms with Gasteiger partial charge in [-0.15, -0.1) is 0 Å². The van der Waals surface area contributed by atoms with Gasteiger partial charge in [-0.25, -0.2) is 0 Å². The zero-order chi connectivity index (χ0) is 12.9. The second-order valence-electron chi connectivity index (χ2n) is 2.17. The monoisotopic (exact) mass is 233 g/mol. The molecule has 12 heavy (non-hydrogen) atoms. The van der Waals surface area contributed by atoms with E-state index in [2.05, 4.69) is 20.7 Å². The molecule has 0 amide bonds. The van der Waals surface area contributed by atoms with E-state index in [4.69, 9.17) is 11.6 Å².